The molecular weight excluding hydrogens is 614 g/mol. The maximum Gasteiger partial charge on any atom is 0.319 e. The summed E-state index contributed by atoms with van der Waals surface area (Å²) in [7, 11) is 1.84. The number of aromatic nitrogens is 3. The van der Waals surface area contributed by atoms with Crippen molar-refractivity contribution in [3.8, 4) is 35.4 Å². The summed E-state index contributed by atoms with van der Waals surface area (Å²) >= 11 is 0. The number of phenolic OH excluding ortho intramolecular Hbond substituents is 1. The van der Waals surface area contributed by atoms with Gasteiger partial charge in [-0.25, -0.2) is 8.78 Å². The first kappa shape index (κ1) is 31.8. The molecule has 248 valence electrons. The normalized spacial score (nSPS) is 20.3. The first-order chi connectivity index (χ1) is 23.1. The van der Waals surface area contributed by atoms with E-state index < -0.39 is 11.6 Å². The van der Waals surface area contributed by atoms with Crippen LogP contribution in [0.15, 0.2) is 43.1 Å². The summed E-state index contributed by atoms with van der Waals surface area (Å²) in [6.45, 7) is 9.26. The third kappa shape index (κ3) is 5.38. The highest BCUT2D eigenvalue weighted by Gasteiger charge is 2.45. The monoisotopic (exact) mass is 652 g/mol. The van der Waals surface area contributed by atoms with Crippen LogP contribution in [-0.2, 0) is 4.79 Å². The first-order valence-corrected chi connectivity index (χ1v) is 16.4. The fraction of sp³-hybridized carbons (Fsp3) is 0.405. The molecule has 1 N–H and O–H groups in total. The summed E-state index contributed by atoms with van der Waals surface area (Å²) in [5, 5.41) is 11.6. The van der Waals surface area contributed by atoms with Crippen LogP contribution < -0.4 is 9.64 Å². The molecule has 0 spiro atoms. The van der Waals surface area contributed by atoms with Gasteiger partial charge in [-0.05, 0) is 80.8 Å². The summed E-state index contributed by atoms with van der Waals surface area (Å²) in [5.41, 5.74) is -0.191. The number of carbonyl (C=O) groups is 1. The van der Waals surface area contributed by atoms with Crippen LogP contribution in [0, 0.1) is 29.9 Å². The number of fused-ring (bicyclic) bond motifs is 3. The molecule has 0 saturated carbocycles. The predicted octanol–water partition coefficient (Wildman–Crippen LogP) is 5.68. The van der Waals surface area contributed by atoms with Crippen molar-refractivity contribution in [2.24, 2.45) is 5.92 Å². The molecule has 3 fully saturated rings. The van der Waals surface area contributed by atoms with E-state index in [1.165, 1.54) is 36.5 Å². The number of amides is 1. The quantitative estimate of drug-likeness (QED) is 0.192. The van der Waals surface area contributed by atoms with Gasteiger partial charge in [0.25, 0.3) is 0 Å². The van der Waals surface area contributed by atoms with E-state index in [1.54, 1.807) is 0 Å². The number of likely N-dealkylation sites (tertiary alicyclic amines) is 1. The Morgan fingerprint density at radius 2 is 2.02 bits per heavy atom. The molecule has 0 aliphatic carbocycles. The van der Waals surface area contributed by atoms with E-state index in [4.69, 9.17) is 16.1 Å². The van der Waals surface area contributed by atoms with E-state index in [0.717, 1.165) is 45.2 Å². The summed E-state index contributed by atoms with van der Waals surface area (Å²) in [5.74, 6) is 1.38. The molecule has 9 nitrogen and oxygen atoms in total. The van der Waals surface area contributed by atoms with Crippen LogP contribution >= 0.6 is 0 Å². The third-order valence-electron chi connectivity index (χ3n) is 10.3. The van der Waals surface area contributed by atoms with Gasteiger partial charge < -0.3 is 19.6 Å². The number of anilines is 1. The maximum absolute atomic E-state index is 16.9. The van der Waals surface area contributed by atoms with E-state index in [-0.39, 0.29) is 57.0 Å². The third-order valence-corrected chi connectivity index (χ3v) is 10.3. The number of aromatic hydroxyl groups is 1. The number of pyridine rings is 1. The van der Waals surface area contributed by atoms with E-state index in [1.807, 2.05) is 16.8 Å². The van der Waals surface area contributed by atoms with Crippen LogP contribution in [0.5, 0.6) is 11.8 Å². The second kappa shape index (κ2) is 12.3. The number of ether oxygens (including phenoxy) is 1. The summed E-state index contributed by atoms with van der Waals surface area (Å²) in [6.07, 6.45) is 13.5. The van der Waals surface area contributed by atoms with Gasteiger partial charge in [0, 0.05) is 43.3 Å². The molecule has 3 aliphatic rings. The van der Waals surface area contributed by atoms with Crippen LogP contribution in [-0.4, -0.2) is 87.2 Å². The van der Waals surface area contributed by atoms with Crippen LogP contribution in [0.3, 0.4) is 0 Å². The summed E-state index contributed by atoms with van der Waals surface area (Å²) in [4.78, 5) is 32.7. The fourth-order valence-corrected chi connectivity index (χ4v) is 8.09. The van der Waals surface area contributed by atoms with Crippen molar-refractivity contribution >= 4 is 33.4 Å². The Kier molecular flexibility index (Phi) is 8.16. The van der Waals surface area contributed by atoms with Crippen molar-refractivity contribution < 1.29 is 23.4 Å². The van der Waals surface area contributed by atoms with Crippen molar-refractivity contribution in [1.82, 2.24) is 24.8 Å². The number of likely N-dealkylation sites (N-methyl/N-ethyl adjacent to an activating group) is 1. The molecule has 1 amide bonds. The van der Waals surface area contributed by atoms with Gasteiger partial charge in [0.05, 0.1) is 16.5 Å². The topological polar surface area (TPSA) is 94.9 Å². The molecule has 2 atom stereocenters. The average molecular weight is 653 g/mol. The van der Waals surface area contributed by atoms with Gasteiger partial charge in [-0.1, -0.05) is 25.5 Å². The number of hydrogen-bond acceptors (Lipinski definition) is 8. The molecule has 7 rings (SSSR count). The van der Waals surface area contributed by atoms with Crippen molar-refractivity contribution in [1.29, 1.82) is 0 Å². The highest BCUT2D eigenvalue weighted by Crippen LogP contribution is 2.41. The summed E-state index contributed by atoms with van der Waals surface area (Å²) in [6, 6.07) is 5.39. The number of nitrogens with zero attached hydrogens (tertiary/aromatic N) is 6. The lowest BCUT2D eigenvalue weighted by molar-refractivity contribution is -0.126. The highest BCUT2D eigenvalue weighted by molar-refractivity contribution is 6.03. The minimum atomic E-state index is -0.784. The number of halogens is 2. The lowest BCUT2D eigenvalue weighted by Gasteiger charge is -2.31. The van der Waals surface area contributed by atoms with E-state index in [9.17, 15) is 14.3 Å². The van der Waals surface area contributed by atoms with Crippen LogP contribution in [0.2, 0.25) is 0 Å². The predicted molar refractivity (Wildman–Crippen MR) is 181 cm³/mol. The number of carbonyl (C=O) groups excluding carboxylic acids is 1. The van der Waals surface area contributed by atoms with Crippen molar-refractivity contribution in [2.75, 3.05) is 44.7 Å². The van der Waals surface area contributed by atoms with E-state index in [0.29, 0.717) is 42.2 Å². The SMILES string of the molecule is C#Cc1c(F)ccc2cc(O)cc(-c3ncc4c(N(C)C[C@@H]5CC(C)CN5C(=O)C=C)nc(OCC56CCCN5CCC6)nc4c3F)c12. The number of benzene rings is 2. The van der Waals surface area contributed by atoms with Gasteiger partial charge in [-0.3, -0.25) is 14.7 Å². The van der Waals surface area contributed by atoms with Crippen molar-refractivity contribution in [2.45, 2.75) is 50.6 Å². The average Bonchev–Trinajstić information content (AvgIpc) is 3.77. The number of terminal acetylenes is 1. The zero-order valence-corrected chi connectivity index (χ0v) is 27.2. The molecule has 0 radical (unpaired) electrons. The maximum atomic E-state index is 16.9. The Hall–Kier alpha value is -4.82. The van der Waals surface area contributed by atoms with Gasteiger partial charge in [0.15, 0.2) is 5.82 Å². The minimum absolute atomic E-state index is 0.0310. The fourth-order valence-electron chi connectivity index (χ4n) is 8.09. The van der Waals surface area contributed by atoms with Crippen molar-refractivity contribution in [3.63, 3.8) is 0 Å². The molecule has 48 heavy (non-hydrogen) atoms. The van der Waals surface area contributed by atoms with Gasteiger partial charge in [-0.2, -0.15) is 9.97 Å². The molecule has 5 heterocycles. The number of hydrogen-bond donors (Lipinski definition) is 1. The molecule has 0 bridgehead atoms. The smallest absolute Gasteiger partial charge is 0.319 e. The highest BCUT2D eigenvalue weighted by atomic mass is 19.1. The Morgan fingerprint density at radius 1 is 1.25 bits per heavy atom. The molecule has 2 aromatic carbocycles. The number of rotatable bonds is 8. The van der Waals surface area contributed by atoms with E-state index >= 15 is 4.39 Å². The minimum Gasteiger partial charge on any atom is -0.508 e. The first-order valence-electron chi connectivity index (χ1n) is 16.4. The van der Waals surface area contributed by atoms with Crippen LogP contribution in [0.1, 0.15) is 44.6 Å². The van der Waals surface area contributed by atoms with Gasteiger partial charge in [0.2, 0.25) is 5.91 Å². The molecule has 1 unspecified atom stereocenters. The van der Waals surface area contributed by atoms with Crippen LogP contribution in [0.25, 0.3) is 32.9 Å². The van der Waals surface area contributed by atoms with Gasteiger partial charge in [0.1, 0.15) is 35.2 Å². The second-order valence-electron chi connectivity index (χ2n) is 13.4. The van der Waals surface area contributed by atoms with E-state index in [2.05, 4.69) is 34.3 Å². The standard InChI is InChI=1S/C37H38F2N6O3/c1-5-26-29(38)10-9-23-16-25(46)17-27(31(23)26)33-32(39)34-28(18-40-33)35(43(4)20-24-15-22(3)19-45(24)30(47)6-2)42-36(41-34)48-21-37-11-7-13-44(37)14-8-12-37/h1,6,9-10,16-18,22,24,46H,2,7-8,11-15,19-21H2,3-4H3/t22?,24-/m0/s1. The Bertz CT molecular complexity index is 1980. The van der Waals surface area contributed by atoms with Gasteiger partial charge in [-0.15, -0.1) is 6.42 Å². The Balaban J connectivity index is 1.35. The molecule has 11 heteroatoms. The molecule has 2 aromatic heterocycles. The Morgan fingerprint density at radius 3 is 2.75 bits per heavy atom. The van der Waals surface area contributed by atoms with Crippen molar-refractivity contribution in [3.05, 3.63) is 60.3 Å². The Labute approximate surface area is 278 Å². The lowest BCUT2D eigenvalue weighted by atomic mass is 9.95. The number of phenols is 1. The molecule has 4 aromatic rings. The zero-order valence-electron chi connectivity index (χ0n) is 27.2. The molecule has 3 aliphatic heterocycles. The zero-order chi connectivity index (χ0) is 33.7. The van der Waals surface area contributed by atoms with Crippen LogP contribution in [0.4, 0.5) is 14.6 Å². The lowest BCUT2D eigenvalue weighted by Crippen LogP contribution is -2.43. The largest absolute Gasteiger partial charge is 0.508 e. The molecule has 3 saturated heterocycles. The molecular formula is C37H38F2N6O3. The van der Waals surface area contributed by atoms with Gasteiger partial charge >= 0.3 is 6.01 Å². The second-order valence-corrected chi connectivity index (χ2v) is 13.4. The summed E-state index contributed by atoms with van der Waals surface area (Å²) < 4.78 is 38.1.